The summed E-state index contributed by atoms with van der Waals surface area (Å²) < 4.78 is 18.4. The van der Waals surface area contributed by atoms with Crippen LogP contribution in [-0.4, -0.2) is 19.1 Å². The molecule has 106 valence electrons. The van der Waals surface area contributed by atoms with E-state index in [9.17, 15) is 9.18 Å². The number of halogens is 2. The summed E-state index contributed by atoms with van der Waals surface area (Å²) in [6.07, 6.45) is 0.981. The van der Waals surface area contributed by atoms with Crippen molar-refractivity contribution in [3.05, 3.63) is 34.6 Å². The Morgan fingerprint density at radius 1 is 1.47 bits per heavy atom. The molecule has 2 atom stereocenters. The van der Waals surface area contributed by atoms with Crippen LogP contribution in [0, 0.1) is 5.82 Å². The predicted octanol–water partition coefficient (Wildman–Crippen LogP) is 3.47. The summed E-state index contributed by atoms with van der Waals surface area (Å²) in [6, 6.07) is 4.84. The average molecular weight is 288 g/mol. The first-order valence-electron chi connectivity index (χ1n) is 6.22. The summed E-state index contributed by atoms with van der Waals surface area (Å²) in [4.78, 5) is 11.0. The lowest BCUT2D eigenvalue weighted by Crippen LogP contribution is -2.30. The molecule has 0 saturated carbocycles. The van der Waals surface area contributed by atoms with E-state index in [-0.39, 0.29) is 23.1 Å². The molecule has 0 radical (unpaired) electrons. The Morgan fingerprint density at radius 3 is 2.79 bits per heavy atom. The van der Waals surface area contributed by atoms with Crippen LogP contribution in [0.1, 0.15) is 38.3 Å². The minimum Gasteiger partial charge on any atom is -0.469 e. The molecule has 0 spiro atoms. The number of carbonyl (C=O) groups is 1. The zero-order valence-electron chi connectivity index (χ0n) is 11.4. The molecule has 1 rings (SSSR count). The topological polar surface area (TPSA) is 38.3 Å². The van der Waals surface area contributed by atoms with Gasteiger partial charge in [-0.1, -0.05) is 23.7 Å². The van der Waals surface area contributed by atoms with Crippen molar-refractivity contribution in [3.63, 3.8) is 0 Å². The molecule has 0 fully saturated rings. The maximum Gasteiger partial charge on any atom is 0.305 e. The molecular weight excluding hydrogens is 269 g/mol. The van der Waals surface area contributed by atoms with Crippen LogP contribution < -0.4 is 5.32 Å². The second-order valence-electron chi connectivity index (χ2n) is 4.55. The highest BCUT2D eigenvalue weighted by Gasteiger charge is 2.15. The van der Waals surface area contributed by atoms with Gasteiger partial charge in [-0.05, 0) is 26.3 Å². The van der Waals surface area contributed by atoms with Crippen molar-refractivity contribution in [3.8, 4) is 0 Å². The number of carbonyl (C=O) groups excluding carboxylic acids is 1. The first-order chi connectivity index (χ1) is 8.95. The summed E-state index contributed by atoms with van der Waals surface area (Å²) in [5, 5.41) is 3.36. The molecule has 1 aromatic carbocycles. The molecule has 19 heavy (non-hydrogen) atoms. The molecule has 1 aromatic rings. The number of esters is 1. The summed E-state index contributed by atoms with van der Waals surface area (Å²) in [5.74, 6) is -0.639. The lowest BCUT2D eigenvalue weighted by molar-refractivity contribution is -0.140. The Bertz CT molecular complexity index is 439. The normalized spacial score (nSPS) is 13.9. The molecule has 0 aromatic heterocycles. The predicted molar refractivity (Wildman–Crippen MR) is 73.7 cm³/mol. The van der Waals surface area contributed by atoms with Crippen molar-refractivity contribution >= 4 is 17.6 Å². The summed E-state index contributed by atoms with van der Waals surface area (Å²) in [7, 11) is 1.37. The van der Waals surface area contributed by atoms with Crippen molar-refractivity contribution in [1.82, 2.24) is 5.32 Å². The third-order valence-corrected chi connectivity index (χ3v) is 3.28. The van der Waals surface area contributed by atoms with E-state index in [2.05, 4.69) is 10.1 Å². The van der Waals surface area contributed by atoms with Crippen LogP contribution >= 0.6 is 11.6 Å². The molecule has 3 nitrogen and oxygen atoms in total. The maximum absolute atomic E-state index is 13.8. The number of hydrogen-bond donors (Lipinski definition) is 1. The van der Waals surface area contributed by atoms with Crippen molar-refractivity contribution in [2.75, 3.05) is 7.11 Å². The number of ether oxygens (including phenoxy) is 1. The minimum atomic E-state index is -0.399. The fourth-order valence-electron chi connectivity index (χ4n) is 1.89. The molecule has 0 aliphatic carbocycles. The van der Waals surface area contributed by atoms with Gasteiger partial charge < -0.3 is 10.1 Å². The quantitative estimate of drug-likeness (QED) is 0.814. The van der Waals surface area contributed by atoms with Gasteiger partial charge >= 0.3 is 5.97 Å². The maximum atomic E-state index is 13.8. The number of benzene rings is 1. The van der Waals surface area contributed by atoms with Crippen molar-refractivity contribution in [1.29, 1.82) is 0 Å². The van der Waals surface area contributed by atoms with E-state index in [1.54, 1.807) is 12.1 Å². The highest BCUT2D eigenvalue weighted by atomic mass is 35.5. The highest BCUT2D eigenvalue weighted by molar-refractivity contribution is 6.30. The molecule has 1 N–H and O–H groups in total. The van der Waals surface area contributed by atoms with Crippen LogP contribution in [0.25, 0.3) is 0 Å². The fourth-order valence-corrected chi connectivity index (χ4v) is 2.07. The van der Waals surface area contributed by atoms with E-state index < -0.39 is 5.82 Å². The molecule has 0 aliphatic rings. The van der Waals surface area contributed by atoms with E-state index in [1.807, 2.05) is 13.8 Å². The van der Waals surface area contributed by atoms with Crippen molar-refractivity contribution in [2.24, 2.45) is 0 Å². The molecule has 2 unspecified atom stereocenters. The lowest BCUT2D eigenvalue weighted by atomic mass is 10.1. The second kappa shape index (κ2) is 7.46. The van der Waals surface area contributed by atoms with Gasteiger partial charge in [-0.3, -0.25) is 4.79 Å². The van der Waals surface area contributed by atoms with Gasteiger partial charge in [0.25, 0.3) is 0 Å². The van der Waals surface area contributed by atoms with Crippen LogP contribution in [0.15, 0.2) is 18.2 Å². The molecular formula is C14H19ClFNO2. The number of rotatable bonds is 6. The Labute approximate surface area is 118 Å². The van der Waals surface area contributed by atoms with E-state index in [1.165, 1.54) is 13.2 Å². The molecule has 0 amide bonds. The second-order valence-corrected chi connectivity index (χ2v) is 4.95. The van der Waals surface area contributed by atoms with E-state index >= 15 is 0 Å². The SMILES string of the molecule is COC(=O)CCC(C)NC(C)c1cccc(Cl)c1F. The van der Waals surface area contributed by atoms with Gasteiger partial charge in [0.05, 0.1) is 12.1 Å². The summed E-state index contributed by atoms with van der Waals surface area (Å²) >= 11 is 5.75. The van der Waals surface area contributed by atoms with Crippen LogP contribution in [0.3, 0.4) is 0 Å². The number of methoxy groups -OCH3 is 1. The fraction of sp³-hybridized carbons (Fsp3) is 0.500. The van der Waals surface area contributed by atoms with Crippen LogP contribution in [0.4, 0.5) is 4.39 Å². The van der Waals surface area contributed by atoms with Gasteiger partial charge in [-0.15, -0.1) is 0 Å². The van der Waals surface area contributed by atoms with Gasteiger partial charge in [0, 0.05) is 24.1 Å². The van der Waals surface area contributed by atoms with Gasteiger partial charge in [-0.25, -0.2) is 4.39 Å². The lowest BCUT2D eigenvalue weighted by Gasteiger charge is -2.20. The van der Waals surface area contributed by atoms with Gasteiger partial charge in [-0.2, -0.15) is 0 Å². The molecule has 5 heteroatoms. The summed E-state index contributed by atoms with van der Waals surface area (Å²) in [5.41, 5.74) is 0.525. The third-order valence-electron chi connectivity index (χ3n) is 2.99. The van der Waals surface area contributed by atoms with E-state index in [4.69, 9.17) is 11.6 Å². The number of hydrogen-bond acceptors (Lipinski definition) is 3. The Balaban J connectivity index is 2.56. The Kier molecular flexibility index (Phi) is 6.25. The van der Waals surface area contributed by atoms with Crippen molar-refractivity contribution < 1.29 is 13.9 Å². The monoisotopic (exact) mass is 287 g/mol. The van der Waals surface area contributed by atoms with E-state index in [0.717, 1.165) is 0 Å². The zero-order chi connectivity index (χ0) is 14.4. The molecule has 0 heterocycles. The molecule has 0 bridgehead atoms. The largest absolute Gasteiger partial charge is 0.469 e. The third kappa shape index (κ3) is 4.80. The first kappa shape index (κ1) is 15.9. The van der Waals surface area contributed by atoms with Gasteiger partial charge in [0.2, 0.25) is 0 Å². The smallest absolute Gasteiger partial charge is 0.305 e. The zero-order valence-corrected chi connectivity index (χ0v) is 12.1. The van der Waals surface area contributed by atoms with Gasteiger partial charge in [0.1, 0.15) is 5.82 Å². The standard InChI is InChI=1S/C14H19ClFNO2/c1-9(7-8-13(18)19-3)17-10(2)11-5-4-6-12(15)14(11)16/h4-6,9-10,17H,7-8H2,1-3H3. The Hall–Kier alpha value is -1.13. The molecule has 0 saturated heterocycles. The molecule has 0 aliphatic heterocycles. The van der Waals surface area contributed by atoms with Crippen LogP contribution in [0.5, 0.6) is 0 Å². The average Bonchev–Trinajstić information content (AvgIpc) is 2.38. The van der Waals surface area contributed by atoms with Crippen molar-refractivity contribution in [2.45, 2.75) is 38.8 Å². The summed E-state index contributed by atoms with van der Waals surface area (Å²) in [6.45, 7) is 3.81. The van der Waals surface area contributed by atoms with Gasteiger partial charge in [0.15, 0.2) is 0 Å². The minimum absolute atomic E-state index is 0.0764. The Morgan fingerprint density at radius 2 is 2.16 bits per heavy atom. The van der Waals surface area contributed by atoms with Crippen LogP contribution in [-0.2, 0) is 9.53 Å². The number of nitrogens with one attached hydrogen (secondary N) is 1. The van der Waals surface area contributed by atoms with E-state index in [0.29, 0.717) is 18.4 Å². The first-order valence-corrected chi connectivity index (χ1v) is 6.60. The van der Waals surface area contributed by atoms with Crippen LogP contribution in [0.2, 0.25) is 5.02 Å². The highest BCUT2D eigenvalue weighted by Crippen LogP contribution is 2.23.